The first kappa shape index (κ1) is 15.6. The molecule has 3 N–H and O–H groups in total. The first-order valence-corrected chi connectivity index (χ1v) is 8.59. The second-order valence-corrected chi connectivity index (χ2v) is 6.55. The van der Waals surface area contributed by atoms with Gasteiger partial charge in [0.2, 0.25) is 0 Å². The van der Waals surface area contributed by atoms with E-state index in [2.05, 4.69) is 6.07 Å². The average molecular weight is 359 g/mol. The van der Waals surface area contributed by atoms with Gasteiger partial charge in [0.25, 0.3) is 0 Å². The fourth-order valence-electron chi connectivity index (χ4n) is 3.60. The van der Waals surface area contributed by atoms with Crippen molar-refractivity contribution in [1.82, 2.24) is 0 Å². The summed E-state index contributed by atoms with van der Waals surface area (Å²) in [6.45, 7) is 0.376. The van der Waals surface area contributed by atoms with E-state index < -0.39 is 0 Å². The van der Waals surface area contributed by atoms with Crippen molar-refractivity contribution in [3.8, 4) is 39.7 Å². The van der Waals surface area contributed by atoms with Crippen molar-refractivity contribution in [2.24, 2.45) is 0 Å². The summed E-state index contributed by atoms with van der Waals surface area (Å²) >= 11 is 0. The number of aromatic hydroxyl groups is 1. The van der Waals surface area contributed by atoms with E-state index in [0.29, 0.717) is 23.8 Å². The molecule has 5 heteroatoms. The molecule has 0 saturated carbocycles. The average Bonchev–Trinajstić information content (AvgIpc) is 3.04. The first-order chi connectivity index (χ1) is 13.1. The lowest BCUT2D eigenvalue weighted by Crippen LogP contribution is -2.03. The normalized spacial score (nSPS) is 12.3. The van der Waals surface area contributed by atoms with Crippen LogP contribution in [0.1, 0.15) is 5.56 Å². The molecule has 2 heterocycles. The number of fused-ring (bicyclic) bond motifs is 5. The molecule has 5 rings (SSSR count). The Morgan fingerprint density at radius 1 is 1.04 bits per heavy atom. The van der Waals surface area contributed by atoms with E-state index in [0.717, 1.165) is 39.0 Å². The van der Waals surface area contributed by atoms with Gasteiger partial charge in [-0.3, -0.25) is 0 Å². The van der Waals surface area contributed by atoms with Gasteiger partial charge >= 0.3 is 0 Å². The van der Waals surface area contributed by atoms with Crippen LogP contribution in [0, 0.1) is 0 Å². The maximum absolute atomic E-state index is 9.69. The van der Waals surface area contributed by atoms with Crippen molar-refractivity contribution in [2.75, 3.05) is 12.8 Å². The third kappa shape index (κ3) is 2.39. The number of rotatable bonds is 2. The molecule has 0 unspecified atom stereocenters. The molecule has 1 aliphatic heterocycles. The van der Waals surface area contributed by atoms with Gasteiger partial charge in [-0.05, 0) is 35.9 Å². The maximum atomic E-state index is 9.69. The van der Waals surface area contributed by atoms with Gasteiger partial charge in [-0.2, -0.15) is 0 Å². The zero-order valence-corrected chi connectivity index (χ0v) is 14.7. The minimum absolute atomic E-state index is 0.166. The molecule has 1 aliphatic rings. The first-order valence-electron chi connectivity index (χ1n) is 8.59. The zero-order valence-electron chi connectivity index (χ0n) is 14.7. The lowest BCUT2D eigenvalue weighted by molar-refractivity contribution is 0.298. The molecular formula is C22H17NO4. The molecule has 0 fully saturated rings. The molecule has 0 amide bonds. The Morgan fingerprint density at radius 2 is 1.93 bits per heavy atom. The summed E-state index contributed by atoms with van der Waals surface area (Å²) < 4.78 is 17.6. The van der Waals surface area contributed by atoms with Gasteiger partial charge in [0.05, 0.1) is 12.7 Å². The summed E-state index contributed by atoms with van der Waals surface area (Å²) in [5.41, 5.74) is 11.1. The predicted molar refractivity (Wildman–Crippen MR) is 104 cm³/mol. The fourth-order valence-corrected chi connectivity index (χ4v) is 3.60. The van der Waals surface area contributed by atoms with E-state index in [1.807, 2.05) is 30.3 Å². The van der Waals surface area contributed by atoms with E-state index in [9.17, 15) is 5.11 Å². The molecule has 0 aliphatic carbocycles. The maximum Gasteiger partial charge on any atom is 0.145 e. The highest BCUT2D eigenvalue weighted by atomic mass is 16.5. The van der Waals surface area contributed by atoms with Crippen LogP contribution in [0.4, 0.5) is 5.69 Å². The van der Waals surface area contributed by atoms with Crippen LogP contribution in [0.25, 0.3) is 33.4 Å². The highest BCUT2D eigenvalue weighted by Gasteiger charge is 2.25. The molecule has 1 aromatic heterocycles. The molecule has 0 saturated heterocycles. The van der Waals surface area contributed by atoms with Crippen LogP contribution in [0.5, 0.6) is 17.2 Å². The van der Waals surface area contributed by atoms with Gasteiger partial charge in [-0.1, -0.05) is 12.1 Å². The number of hydrogen-bond donors (Lipinski definition) is 2. The molecule has 0 spiro atoms. The van der Waals surface area contributed by atoms with E-state index in [-0.39, 0.29) is 5.75 Å². The quantitative estimate of drug-likeness (QED) is 0.495. The monoisotopic (exact) mass is 359 g/mol. The summed E-state index contributed by atoms with van der Waals surface area (Å²) in [5, 5.41) is 10.7. The van der Waals surface area contributed by atoms with Gasteiger partial charge in [-0.25, -0.2) is 0 Å². The second-order valence-electron chi connectivity index (χ2n) is 6.55. The molecule has 0 bridgehead atoms. The van der Waals surface area contributed by atoms with Gasteiger partial charge in [0.1, 0.15) is 35.2 Å². The Bertz CT molecular complexity index is 1190. The number of phenolic OH excluding ortho intramolecular Hbond substituents is 1. The lowest BCUT2D eigenvalue weighted by Gasteiger charge is -2.16. The molecule has 5 nitrogen and oxygen atoms in total. The standard InChI is InChI=1S/C22H17NO4/c1-25-19-10-21-17(9-16(19)12-3-2-4-13(23)7-12)18-11-26-20-8-14(24)5-6-15(20)22(18)27-21/h2-10,24H,11,23H2,1H3. The van der Waals surface area contributed by atoms with Crippen LogP contribution in [0.3, 0.4) is 0 Å². The number of nitrogen functional groups attached to an aromatic ring is 1. The van der Waals surface area contributed by atoms with Gasteiger partial charge in [0.15, 0.2) is 0 Å². The second kappa shape index (κ2) is 5.71. The van der Waals surface area contributed by atoms with Crippen molar-refractivity contribution in [1.29, 1.82) is 0 Å². The fraction of sp³-hybridized carbons (Fsp3) is 0.0909. The molecule has 0 atom stereocenters. The zero-order chi connectivity index (χ0) is 18.5. The largest absolute Gasteiger partial charge is 0.508 e. The van der Waals surface area contributed by atoms with Crippen LogP contribution in [-0.4, -0.2) is 12.2 Å². The number of hydrogen-bond acceptors (Lipinski definition) is 5. The highest BCUT2D eigenvalue weighted by molar-refractivity contribution is 5.95. The highest BCUT2D eigenvalue weighted by Crippen LogP contribution is 2.46. The smallest absolute Gasteiger partial charge is 0.145 e. The van der Waals surface area contributed by atoms with Crippen molar-refractivity contribution in [3.05, 3.63) is 60.2 Å². The Labute approximate surface area is 155 Å². The number of nitrogens with two attached hydrogens (primary N) is 1. The van der Waals surface area contributed by atoms with Crippen LogP contribution in [0.15, 0.2) is 59.0 Å². The third-order valence-corrected chi connectivity index (χ3v) is 4.89. The van der Waals surface area contributed by atoms with Crippen LogP contribution >= 0.6 is 0 Å². The van der Waals surface area contributed by atoms with Crippen molar-refractivity contribution in [2.45, 2.75) is 6.61 Å². The molecule has 3 aromatic carbocycles. The van der Waals surface area contributed by atoms with Gasteiger partial charge in [-0.15, -0.1) is 0 Å². The Balaban J connectivity index is 1.76. The van der Waals surface area contributed by atoms with E-state index >= 15 is 0 Å². The minimum Gasteiger partial charge on any atom is -0.508 e. The van der Waals surface area contributed by atoms with Crippen molar-refractivity contribution >= 4 is 16.7 Å². The summed E-state index contributed by atoms with van der Waals surface area (Å²) in [7, 11) is 1.64. The summed E-state index contributed by atoms with van der Waals surface area (Å²) in [5.74, 6) is 2.26. The third-order valence-electron chi connectivity index (χ3n) is 4.89. The molecule has 4 aromatic rings. The van der Waals surface area contributed by atoms with E-state index in [1.54, 1.807) is 25.3 Å². The number of methoxy groups -OCH3 is 1. The van der Waals surface area contributed by atoms with E-state index in [1.165, 1.54) is 0 Å². The number of phenols is 1. The van der Waals surface area contributed by atoms with Gasteiger partial charge < -0.3 is 24.7 Å². The Hall–Kier alpha value is -3.60. The number of furan rings is 1. The molecule has 134 valence electrons. The Morgan fingerprint density at radius 3 is 2.74 bits per heavy atom. The minimum atomic E-state index is 0.166. The Kier molecular flexibility index (Phi) is 3.31. The van der Waals surface area contributed by atoms with Crippen LogP contribution in [0.2, 0.25) is 0 Å². The summed E-state index contributed by atoms with van der Waals surface area (Å²) in [6.07, 6.45) is 0. The number of anilines is 1. The number of benzene rings is 3. The van der Waals surface area contributed by atoms with Crippen molar-refractivity contribution < 1.29 is 19.0 Å². The topological polar surface area (TPSA) is 77.9 Å². The summed E-state index contributed by atoms with van der Waals surface area (Å²) in [4.78, 5) is 0. The molecule has 27 heavy (non-hydrogen) atoms. The SMILES string of the molecule is COc1cc2oc3c(c2cc1-c1cccc(N)c1)COc1cc(O)ccc1-3. The summed E-state index contributed by atoms with van der Waals surface area (Å²) in [6, 6.07) is 16.7. The number of ether oxygens (including phenoxy) is 2. The van der Waals surface area contributed by atoms with Crippen molar-refractivity contribution in [3.63, 3.8) is 0 Å². The molecule has 0 radical (unpaired) electrons. The van der Waals surface area contributed by atoms with Crippen LogP contribution in [-0.2, 0) is 6.61 Å². The van der Waals surface area contributed by atoms with Gasteiger partial charge in [0, 0.05) is 34.3 Å². The van der Waals surface area contributed by atoms with Crippen LogP contribution < -0.4 is 15.2 Å². The lowest BCUT2D eigenvalue weighted by atomic mass is 9.98. The van der Waals surface area contributed by atoms with E-state index in [4.69, 9.17) is 19.6 Å². The molecular weight excluding hydrogens is 342 g/mol. The predicted octanol–water partition coefficient (Wildman–Crippen LogP) is 4.96.